The molecule has 0 saturated carbocycles. The lowest BCUT2D eigenvalue weighted by Gasteiger charge is -2.26. The first-order valence-electron chi connectivity index (χ1n) is 4.24. The van der Waals surface area contributed by atoms with Gasteiger partial charge in [-0.25, -0.2) is 4.98 Å². The maximum absolute atomic E-state index is 5.26. The van der Waals surface area contributed by atoms with Gasteiger partial charge in [-0.05, 0) is 5.92 Å². The number of aromatic amines is 1. The highest BCUT2D eigenvalue weighted by Crippen LogP contribution is 1.98. The smallest absolute Gasteiger partial charge is 0.140 e. The van der Waals surface area contributed by atoms with Crippen molar-refractivity contribution in [3.63, 3.8) is 0 Å². The minimum Gasteiger partial charge on any atom is -0.318 e. The summed E-state index contributed by atoms with van der Waals surface area (Å²) >= 11 is 0. The van der Waals surface area contributed by atoms with Crippen LogP contribution in [0.15, 0.2) is 6.33 Å². The summed E-state index contributed by atoms with van der Waals surface area (Å²) in [5.41, 5.74) is 0. The van der Waals surface area contributed by atoms with Gasteiger partial charge < -0.3 is 4.48 Å². The lowest BCUT2D eigenvalue weighted by molar-refractivity contribution is -0.883. The van der Waals surface area contributed by atoms with Crippen LogP contribution in [0.3, 0.4) is 0 Å². The Morgan fingerprint density at radius 1 is 1.62 bits per heavy atom. The number of aromatic nitrogens is 3. The van der Waals surface area contributed by atoms with Crippen LogP contribution < -0.4 is 0 Å². The Kier molecular flexibility index (Phi) is 3.04. The molecule has 4 nitrogen and oxygen atoms in total. The molecular formula is C9H15N4+. The van der Waals surface area contributed by atoms with Crippen molar-refractivity contribution < 1.29 is 4.48 Å². The second-order valence-electron chi connectivity index (χ2n) is 3.70. The van der Waals surface area contributed by atoms with Gasteiger partial charge in [-0.3, -0.25) is 5.10 Å². The van der Waals surface area contributed by atoms with E-state index in [9.17, 15) is 0 Å². The highest BCUT2D eigenvalue weighted by Gasteiger charge is 2.13. The van der Waals surface area contributed by atoms with Crippen LogP contribution in [-0.2, 0) is 6.42 Å². The summed E-state index contributed by atoms with van der Waals surface area (Å²) in [7, 11) is 4.21. The summed E-state index contributed by atoms with van der Waals surface area (Å²) in [6.45, 7) is 1.72. The van der Waals surface area contributed by atoms with Crippen LogP contribution in [0.5, 0.6) is 0 Å². The molecule has 0 aliphatic carbocycles. The number of H-pyrrole nitrogens is 1. The van der Waals surface area contributed by atoms with Crippen molar-refractivity contribution in [2.24, 2.45) is 0 Å². The van der Waals surface area contributed by atoms with Crippen molar-refractivity contribution in [1.29, 1.82) is 0 Å². The zero-order valence-electron chi connectivity index (χ0n) is 8.12. The number of hydrogen-bond acceptors (Lipinski definition) is 2. The summed E-state index contributed by atoms with van der Waals surface area (Å²) < 4.78 is 0.817. The lowest BCUT2D eigenvalue weighted by atomic mass is 10.3. The monoisotopic (exact) mass is 179 g/mol. The molecule has 0 spiro atoms. The fraction of sp³-hybridized carbons (Fsp3) is 0.556. The van der Waals surface area contributed by atoms with Crippen LogP contribution in [0.4, 0.5) is 0 Å². The molecular weight excluding hydrogens is 164 g/mol. The van der Waals surface area contributed by atoms with Crippen LogP contribution in [0.1, 0.15) is 5.82 Å². The molecule has 13 heavy (non-hydrogen) atoms. The number of likely N-dealkylation sites (N-methyl/N-ethyl adjacent to an activating group) is 1. The minimum atomic E-state index is 0.744. The summed E-state index contributed by atoms with van der Waals surface area (Å²) in [6.07, 6.45) is 7.67. The van der Waals surface area contributed by atoms with Gasteiger partial charge in [0, 0.05) is 0 Å². The summed E-state index contributed by atoms with van der Waals surface area (Å²) in [4.78, 5) is 4.05. The molecule has 0 saturated heterocycles. The Morgan fingerprint density at radius 2 is 2.38 bits per heavy atom. The zero-order chi connectivity index (χ0) is 9.73. The number of rotatable bonds is 4. The minimum absolute atomic E-state index is 0.744. The molecule has 1 aromatic rings. The second-order valence-corrected chi connectivity index (χ2v) is 3.70. The molecule has 1 rings (SSSR count). The predicted molar refractivity (Wildman–Crippen MR) is 50.8 cm³/mol. The predicted octanol–water partition coefficient (Wildman–Crippen LogP) is 0.0568. The quantitative estimate of drug-likeness (QED) is 0.524. The average Bonchev–Trinajstić information content (AvgIpc) is 2.52. The number of nitrogens with zero attached hydrogens (tertiary/aromatic N) is 3. The van der Waals surface area contributed by atoms with Crippen LogP contribution in [0, 0.1) is 12.3 Å². The molecule has 0 bridgehead atoms. The molecule has 0 aromatic carbocycles. The average molecular weight is 179 g/mol. The lowest BCUT2D eigenvalue weighted by Crippen LogP contribution is -2.41. The number of quaternary nitrogens is 1. The van der Waals surface area contributed by atoms with E-state index in [2.05, 4.69) is 35.2 Å². The van der Waals surface area contributed by atoms with Crippen LogP contribution in [-0.4, -0.2) is 46.8 Å². The Morgan fingerprint density at radius 3 is 2.92 bits per heavy atom. The van der Waals surface area contributed by atoms with Gasteiger partial charge in [-0.1, -0.05) is 0 Å². The molecule has 0 amide bonds. The molecule has 1 aromatic heterocycles. The van der Waals surface area contributed by atoms with Crippen molar-refractivity contribution in [2.75, 3.05) is 27.2 Å². The number of terminal acetylenes is 1. The number of nitrogens with one attached hydrogen (secondary N) is 1. The van der Waals surface area contributed by atoms with E-state index in [4.69, 9.17) is 6.42 Å². The summed E-state index contributed by atoms with van der Waals surface area (Å²) in [6, 6.07) is 0. The first-order valence-corrected chi connectivity index (χ1v) is 4.24. The molecule has 0 radical (unpaired) electrons. The molecule has 0 aliphatic heterocycles. The summed E-state index contributed by atoms with van der Waals surface area (Å²) in [5, 5.41) is 6.61. The van der Waals surface area contributed by atoms with Crippen LogP contribution in [0.25, 0.3) is 0 Å². The van der Waals surface area contributed by atoms with Gasteiger partial charge in [0.2, 0.25) is 0 Å². The molecule has 0 atom stereocenters. The maximum atomic E-state index is 5.26. The van der Waals surface area contributed by atoms with Gasteiger partial charge in [0.05, 0.1) is 27.1 Å². The van der Waals surface area contributed by atoms with E-state index in [1.165, 1.54) is 6.33 Å². The van der Waals surface area contributed by atoms with E-state index in [1.807, 2.05) is 0 Å². The second kappa shape index (κ2) is 4.06. The zero-order valence-corrected chi connectivity index (χ0v) is 8.12. The largest absolute Gasteiger partial charge is 0.318 e. The van der Waals surface area contributed by atoms with Crippen molar-refractivity contribution in [3.8, 4) is 12.3 Å². The third-order valence-electron chi connectivity index (χ3n) is 1.94. The Hall–Kier alpha value is -1.34. The maximum Gasteiger partial charge on any atom is 0.140 e. The van der Waals surface area contributed by atoms with Crippen molar-refractivity contribution >= 4 is 0 Å². The fourth-order valence-corrected chi connectivity index (χ4v) is 1.09. The molecule has 0 aliphatic rings. The van der Waals surface area contributed by atoms with Crippen molar-refractivity contribution in [3.05, 3.63) is 12.2 Å². The highest BCUT2D eigenvalue weighted by molar-refractivity contribution is 4.84. The van der Waals surface area contributed by atoms with Gasteiger partial charge in [0.15, 0.2) is 0 Å². The van der Waals surface area contributed by atoms with Crippen LogP contribution in [0.2, 0.25) is 0 Å². The third-order valence-corrected chi connectivity index (χ3v) is 1.94. The van der Waals surface area contributed by atoms with Gasteiger partial charge in [-0.2, -0.15) is 5.10 Å². The number of hydrogen-bond donors (Lipinski definition) is 1. The SMILES string of the molecule is C#CC[N+](C)(C)CCc1ncn[nH]1. The van der Waals surface area contributed by atoms with Gasteiger partial charge in [-0.15, -0.1) is 6.42 Å². The third kappa shape index (κ3) is 3.26. The van der Waals surface area contributed by atoms with E-state index in [-0.39, 0.29) is 0 Å². The van der Waals surface area contributed by atoms with E-state index in [1.54, 1.807) is 0 Å². The highest BCUT2D eigenvalue weighted by atomic mass is 15.3. The van der Waals surface area contributed by atoms with E-state index in [0.29, 0.717) is 0 Å². The normalized spacial score (nSPS) is 11.2. The molecule has 70 valence electrons. The van der Waals surface area contributed by atoms with E-state index in [0.717, 1.165) is 29.8 Å². The molecule has 0 fully saturated rings. The molecule has 0 unspecified atom stereocenters. The first-order chi connectivity index (χ1) is 6.14. The standard InChI is InChI=1S/C9H15N4/c1-4-6-13(2,3)7-5-9-10-8-11-12-9/h1,8H,5-7H2,2-3H3,(H,10,11,12)/q+1. The van der Waals surface area contributed by atoms with Crippen LogP contribution >= 0.6 is 0 Å². The Labute approximate surface area is 78.6 Å². The molecule has 4 heteroatoms. The topological polar surface area (TPSA) is 41.6 Å². The molecule has 1 N–H and O–H groups in total. The first kappa shape index (κ1) is 9.75. The van der Waals surface area contributed by atoms with Gasteiger partial charge in [0.1, 0.15) is 18.7 Å². The summed E-state index contributed by atoms with van der Waals surface area (Å²) in [5.74, 6) is 3.58. The van der Waals surface area contributed by atoms with E-state index >= 15 is 0 Å². The van der Waals surface area contributed by atoms with Gasteiger partial charge in [0.25, 0.3) is 0 Å². The van der Waals surface area contributed by atoms with Gasteiger partial charge >= 0.3 is 0 Å². The Bertz CT molecular complexity index is 281. The van der Waals surface area contributed by atoms with Crippen molar-refractivity contribution in [2.45, 2.75) is 6.42 Å². The van der Waals surface area contributed by atoms with Crippen molar-refractivity contribution in [1.82, 2.24) is 15.2 Å². The Balaban J connectivity index is 2.38. The molecule has 1 heterocycles. The fourth-order valence-electron chi connectivity index (χ4n) is 1.09. The van der Waals surface area contributed by atoms with E-state index < -0.39 is 0 Å².